The number of carbonyl (C=O) groups is 2. The van der Waals surface area contributed by atoms with Gasteiger partial charge in [-0.05, 0) is 29.8 Å². The lowest BCUT2D eigenvalue weighted by Crippen LogP contribution is -2.04. The van der Waals surface area contributed by atoms with Crippen LogP contribution in [0.4, 0.5) is 5.69 Å². The molecular formula is C20H19NO3. The molecule has 0 amide bonds. The van der Waals surface area contributed by atoms with E-state index in [-0.39, 0.29) is 5.78 Å². The molecule has 0 saturated carbocycles. The van der Waals surface area contributed by atoms with Crippen molar-refractivity contribution < 1.29 is 14.3 Å². The largest absolute Gasteiger partial charge is 0.465 e. The first kappa shape index (κ1) is 17.2. The monoisotopic (exact) mass is 321 g/mol. The first-order valence-corrected chi connectivity index (χ1v) is 7.46. The molecule has 24 heavy (non-hydrogen) atoms. The molecule has 0 radical (unpaired) electrons. The molecule has 0 aliphatic rings. The van der Waals surface area contributed by atoms with Gasteiger partial charge in [0.05, 0.1) is 12.7 Å². The van der Waals surface area contributed by atoms with Crippen molar-refractivity contribution in [1.29, 1.82) is 0 Å². The molecule has 0 heterocycles. The van der Waals surface area contributed by atoms with E-state index in [1.165, 1.54) is 7.11 Å². The van der Waals surface area contributed by atoms with Crippen LogP contribution in [0.25, 0.3) is 10.8 Å². The Morgan fingerprint density at radius 1 is 0.833 bits per heavy atom. The van der Waals surface area contributed by atoms with E-state index in [1.54, 1.807) is 31.2 Å². The Morgan fingerprint density at radius 3 is 2.08 bits per heavy atom. The van der Waals surface area contributed by atoms with Crippen LogP contribution in [-0.2, 0) is 4.74 Å². The van der Waals surface area contributed by atoms with Gasteiger partial charge < -0.3 is 10.5 Å². The van der Waals surface area contributed by atoms with E-state index < -0.39 is 5.97 Å². The normalized spacial score (nSPS) is 9.75. The maximum absolute atomic E-state index is 11.3. The molecule has 0 fully saturated rings. The van der Waals surface area contributed by atoms with Gasteiger partial charge in [0.2, 0.25) is 0 Å². The first-order valence-electron chi connectivity index (χ1n) is 7.46. The molecule has 4 heteroatoms. The van der Waals surface area contributed by atoms with Crippen LogP contribution in [0.5, 0.6) is 0 Å². The Hall–Kier alpha value is -3.14. The van der Waals surface area contributed by atoms with Crippen molar-refractivity contribution in [3.63, 3.8) is 0 Å². The van der Waals surface area contributed by atoms with E-state index >= 15 is 0 Å². The first-order chi connectivity index (χ1) is 11.5. The lowest BCUT2D eigenvalue weighted by molar-refractivity contribution is 0.0602. The van der Waals surface area contributed by atoms with Crippen LogP contribution in [0.1, 0.15) is 27.6 Å². The third-order valence-corrected chi connectivity index (χ3v) is 3.54. The highest BCUT2D eigenvalue weighted by Crippen LogP contribution is 2.18. The molecule has 0 aliphatic carbocycles. The highest BCUT2D eigenvalue weighted by molar-refractivity contribution is 6.06. The van der Waals surface area contributed by atoms with Crippen LogP contribution >= 0.6 is 0 Å². The zero-order valence-electron chi connectivity index (χ0n) is 13.7. The number of ether oxygens (including phenoxy) is 1. The van der Waals surface area contributed by atoms with Crippen molar-refractivity contribution in [3.05, 3.63) is 77.9 Å². The number of esters is 1. The molecule has 3 rings (SSSR count). The summed E-state index contributed by atoms with van der Waals surface area (Å²) in [6.45, 7) is 1.60. The molecule has 3 aromatic rings. The fourth-order valence-electron chi connectivity index (χ4n) is 2.33. The summed E-state index contributed by atoms with van der Waals surface area (Å²) in [5.41, 5.74) is 7.16. The van der Waals surface area contributed by atoms with Gasteiger partial charge in [-0.15, -0.1) is 0 Å². The molecule has 3 aromatic carbocycles. The lowest BCUT2D eigenvalue weighted by atomic mass is 10.0. The number of hydrogen-bond donors (Lipinski definition) is 1. The molecule has 0 unspecified atom stereocenters. The van der Waals surface area contributed by atoms with Gasteiger partial charge in [0.1, 0.15) is 0 Å². The Morgan fingerprint density at radius 2 is 1.42 bits per heavy atom. The van der Waals surface area contributed by atoms with Crippen LogP contribution in [0.3, 0.4) is 0 Å². The minimum absolute atomic E-state index is 0.122. The maximum Gasteiger partial charge on any atom is 0.339 e. The quantitative estimate of drug-likeness (QED) is 0.438. The summed E-state index contributed by atoms with van der Waals surface area (Å²) in [4.78, 5) is 22.2. The van der Waals surface area contributed by atoms with Crippen LogP contribution in [0, 0.1) is 0 Å². The minimum Gasteiger partial charge on any atom is -0.465 e. The van der Waals surface area contributed by atoms with E-state index in [4.69, 9.17) is 5.73 Å². The summed E-state index contributed by atoms with van der Waals surface area (Å²) in [5.74, 6) is -0.278. The van der Waals surface area contributed by atoms with Gasteiger partial charge in [-0.3, -0.25) is 4.79 Å². The molecule has 0 atom stereocenters. The van der Waals surface area contributed by atoms with Gasteiger partial charge in [0.25, 0.3) is 0 Å². The predicted molar refractivity (Wildman–Crippen MR) is 96.1 cm³/mol. The second kappa shape index (κ2) is 7.92. The Balaban J connectivity index is 0.000000177. The number of carbonyl (C=O) groups excluding carboxylic acids is 2. The number of anilines is 1. The highest BCUT2D eigenvalue weighted by Gasteiger charge is 2.06. The Bertz CT molecular complexity index is 866. The van der Waals surface area contributed by atoms with Gasteiger partial charge in [0.15, 0.2) is 5.78 Å². The predicted octanol–water partition coefficient (Wildman–Crippen LogP) is 4.10. The van der Waals surface area contributed by atoms with E-state index in [9.17, 15) is 9.59 Å². The Kier molecular flexibility index (Phi) is 5.68. The number of ketones is 1. The average molecular weight is 321 g/mol. The number of nitrogen functional groups attached to an aromatic ring is 1. The molecule has 0 aliphatic heterocycles. The van der Waals surface area contributed by atoms with E-state index in [0.29, 0.717) is 11.3 Å². The molecule has 4 nitrogen and oxygen atoms in total. The zero-order valence-corrected chi connectivity index (χ0v) is 13.7. The van der Waals surface area contributed by atoms with Gasteiger partial charge in [0, 0.05) is 11.3 Å². The lowest BCUT2D eigenvalue weighted by Gasteiger charge is -2.01. The number of methoxy groups -OCH3 is 1. The van der Waals surface area contributed by atoms with E-state index in [1.807, 2.05) is 42.5 Å². The zero-order chi connectivity index (χ0) is 17.5. The number of rotatable bonds is 2. The van der Waals surface area contributed by atoms with Crippen molar-refractivity contribution in [2.45, 2.75) is 6.92 Å². The van der Waals surface area contributed by atoms with Crippen LogP contribution in [-0.4, -0.2) is 18.9 Å². The smallest absolute Gasteiger partial charge is 0.339 e. The van der Waals surface area contributed by atoms with Crippen molar-refractivity contribution in [1.82, 2.24) is 0 Å². The van der Waals surface area contributed by atoms with Gasteiger partial charge >= 0.3 is 5.97 Å². The van der Waals surface area contributed by atoms with Gasteiger partial charge in [-0.2, -0.15) is 0 Å². The van der Waals surface area contributed by atoms with Crippen molar-refractivity contribution in [2.75, 3.05) is 12.8 Å². The number of benzene rings is 3. The van der Waals surface area contributed by atoms with Crippen molar-refractivity contribution in [2.24, 2.45) is 0 Å². The third kappa shape index (κ3) is 3.98. The molecule has 2 N–H and O–H groups in total. The fraction of sp³-hybridized carbons (Fsp3) is 0.100. The van der Waals surface area contributed by atoms with E-state index in [2.05, 4.69) is 4.74 Å². The van der Waals surface area contributed by atoms with Crippen molar-refractivity contribution >= 4 is 28.2 Å². The third-order valence-electron chi connectivity index (χ3n) is 3.54. The summed E-state index contributed by atoms with van der Waals surface area (Å²) in [5, 5.41) is 2.16. The summed E-state index contributed by atoms with van der Waals surface area (Å²) in [7, 11) is 1.33. The van der Waals surface area contributed by atoms with Crippen LogP contribution in [0.2, 0.25) is 0 Å². The SMILES string of the molecule is CC(=O)c1cccc2ccccc12.COC(=O)c1ccccc1N. The summed E-state index contributed by atoms with van der Waals surface area (Å²) >= 11 is 0. The molecule has 122 valence electrons. The molecule has 0 spiro atoms. The number of fused-ring (bicyclic) bond motifs is 1. The number of Topliss-reactive ketones (excluding diaryl/α,β-unsaturated/α-hetero) is 1. The second-order valence-corrected chi connectivity index (χ2v) is 5.16. The second-order valence-electron chi connectivity index (χ2n) is 5.16. The molecular weight excluding hydrogens is 302 g/mol. The van der Waals surface area contributed by atoms with E-state index in [0.717, 1.165) is 16.3 Å². The molecule has 0 aromatic heterocycles. The van der Waals surface area contributed by atoms with Gasteiger partial charge in [-0.1, -0.05) is 54.6 Å². The van der Waals surface area contributed by atoms with Crippen LogP contribution < -0.4 is 5.73 Å². The molecule has 0 saturated heterocycles. The van der Waals surface area contributed by atoms with Gasteiger partial charge in [-0.25, -0.2) is 4.79 Å². The summed E-state index contributed by atoms with van der Waals surface area (Å²) in [6.07, 6.45) is 0. The number of para-hydroxylation sites is 1. The fourth-order valence-corrected chi connectivity index (χ4v) is 2.33. The number of nitrogens with two attached hydrogens (primary N) is 1. The molecule has 0 bridgehead atoms. The highest BCUT2D eigenvalue weighted by atomic mass is 16.5. The summed E-state index contributed by atoms with van der Waals surface area (Å²) < 4.78 is 4.50. The summed E-state index contributed by atoms with van der Waals surface area (Å²) in [6, 6.07) is 20.5. The topological polar surface area (TPSA) is 69.4 Å². The Labute approximate surface area is 140 Å². The number of hydrogen-bond acceptors (Lipinski definition) is 4. The maximum atomic E-state index is 11.3. The van der Waals surface area contributed by atoms with Crippen molar-refractivity contribution in [3.8, 4) is 0 Å². The average Bonchev–Trinajstić information content (AvgIpc) is 2.61. The standard InChI is InChI=1S/C12H10O.C8H9NO2/c1-9(13)11-8-4-6-10-5-2-3-7-12(10)11;1-11-8(10)6-4-2-3-5-7(6)9/h2-8H,1H3;2-5H,9H2,1H3. The minimum atomic E-state index is -0.400. The van der Waals surface area contributed by atoms with Crippen LogP contribution in [0.15, 0.2) is 66.7 Å².